The highest BCUT2D eigenvalue weighted by Crippen LogP contribution is 2.08. The summed E-state index contributed by atoms with van der Waals surface area (Å²) in [6.45, 7) is -1.16. The maximum atomic E-state index is 10.2. The quantitative estimate of drug-likeness (QED) is 0.344. The maximum Gasteiger partial charge on any atom is 0.548 e. The fraction of sp³-hybridized carbons (Fsp3) is 0.222. The highest BCUT2D eigenvalue weighted by molar-refractivity contribution is 8.11. The van der Waals surface area contributed by atoms with E-state index in [1.165, 1.54) is 24.4 Å². The summed E-state index contributed by atoms with van der Waals surface area (Å²) in [5.41, 5.74) is 7.27. The van der Waals surface area contributed by atoms with Crippen molar-refractivity contribution >= 4 is 29.8 Å². The molecule has 0 unspecified atom stereocenters. The number of hydrogen-bond acceptors (Lipinski definition) is 7. The molecule has 0 aliphatic rings. The van der Waals surface area contributed by atoms with Gasteiger partial charge in [0.05, 0.1) is 5.55 Å². The lowest BCUT2D eigenvalue weighted by molar-refractivity contribution is 1.43. The van der Waals surface area contributed by atoms with E-state index in [4.69, 9.17) is 5.41 Å². The molecule has 90 valence electrons. The van der Waals surface area contributed by atoms with Gasteiger partial charge in [-0.05, 0) is 18.1 Å². The van der Waals surface area contributed by atoms with Crippen LogP contribution in [0.15, 0.2) is 34.4 Å². The minimum absolute atomic E-state index is 0.489. The molecule has 1 rings (SSSR count). The number of rotatable bonds is 6. The van der Waals surface area contributed by atoms with Gasteiger partial charge in [-0.1, -0.05) is 34.4 Å². The molecule has 17 heavy (non-hydrogen) atoms. The Bertz CT molecular complexity index is 353. The Balaban J connectivity index is 0.00000121. The van der Waals surface area contributed by atoms with Crippen LogP contribution >= 0.6 is 11.8 Å². The third-order valence-electron chi connectivity index (χ3n) is 1.81. The Kier molecular flexibility index (Phi) is 8.80. The zero-order valence-corrected chi connectivity index (χ0v) is 10.2. The molecule has 0 atom stereocenters. The Morgan fingerprint density at radius 1 is 1.29 bits per heavy atom. The monoisotopic (exact) mass is 252 g/mol. The molecule has 0 aliphatic carbocycles. The van der Waals surface area contributed by atoms with E-state index in [-0.39, 0.29) is 0 Å². The predicted octanol–water partition coefficient (Wildman–Crippen LogP) is 1.33. The largest absolute Gasteiger partial charge is 0.548 e. The number of benzene rings is 1. The van der Waals surface area contributed by atoms with E-state index in [2.05, 4.69) is 15.9 Å². The van der Waals surface area contributed by atoms with E-state index in [0.29, 0.717) is 11.2 Å². The first-order valence-corrected chi connectivity index (χ1v) is 5.78. The van der Waals surface area contributed by atoms with Crippen LogP contribution in [0.1, 0.15) is 5.56 Å². The van der Waals surface area contributed by atoms with Gasteiger partial charge in [0.2, 0.25) is 0 Å². The lowest BCUT2D eigenvalue weighted by atomic mass is 9.71. The van der Waals surface area contributed by atoms with Gasteiger partial charge in [0.1, 0.15) is 0 Å². The average molecular weight is 252 g/mol. The summed E-state index contributed by atoms with van der Waals surface area (Å²) in [7, 11) is 1.50. The van der Waals surface area contributed by atoms with Crippen LogP contribution in [0, 0.1) is 15.2 Å². The van der Waals surface area contributed by atoms with Gasteiger partial charge in [-0.2, -0.15) is 9.81 Å². The zero-order chi connectivity index (χ0) is 13.1. The molecular formula is C9H13BN4O2S. The van der Waals surface area contributed by atoms with Gasteiger partial charge in [-0.15, -0.1) is 11.8 Å². The van der Waals surface area contributed by atoms with Gasteiger partial charge in [0, 0.05) is 5.75 Å². The lowest BCUT2D eigenvalue weighted by Crippen LogP contribution is -2.25. The third kappa shape index (κ3) is 5.37. The van der Waals surface area contributed by atoms with Gasteiger partial charge in [-0.25, -0.2) is 0 Å². The SMILES string of the molecule is CN.N=CSCc1ccc(B(N=O)N=O)cc1. The molecule has 0 amide bonds. The second-order valence-corrected chi connectivity index (χ2v) is 3.61. The third-order valence-corrected chi connectivity index (χ3v) is 2.48. The van der Waals surface area contributed by atoms with Crippen molar-refractivity contribution < 1.29 is 0 Å². The van der Waals surface area contributed by atoms with Crippen molar-refractivity contribution in [1.29, 1.82) is 5.41 Å². The molecule has 0 heterocycles. The van der Waals surface area contributed by atoms with Crippen LogP contribution in [0.3, 0.4) is 0 Å². The van der Waals surface area contributed by atoms with E-state index in [0.717, 1.165) is 5.56 Å². The molecule has 8 heteroatoms. The average Bonchev–Trinajstić information content (AvgIpc) is 2.41. The van der Waals surface area contributed by atoms with Crippen LogP contribution in [-0.4, -0.2) is 19.6 Å². The summed E-state index contributed by atoms with van der Waals surface area (Å²) in [5.74, 6) is 0.692. The first-order chi connectivity index (χ1) is 8.31. The topological polar surface area (TPSA) is 109 Å². The van der Waals surface area contributed by atoms with E-state index in [1.807, 2.05) is 0 Å². The highest BCUT2D eigenvalue weighted by atomic mass is 32.2. The van der Waals surface area contributed by atoms with Crippen LogP contribution in [0.2, 0.25) is 0 Å². The fourth-order valence-electron chi connectivity index (χ4n) is 1.06. The summed E-state index contributed by atoms with van der Waals surface area (Å²) in [4.78, 5) is 20.4. The van der Waals surface area contributed by atoms with E-state index < -0.39 is 6.98 Å². The molecule has 0 radical (unpaired) electrons. The van der Waals surface area contributed by atoms with Crippen LogP contribution in [0.5, 0.6) is 0 Å². The maximum absolute atomic E-state index is 10.2. The van der Waals surface area contributed by atoms with Gasteiger partial charge >= 0.3 is 6.98 Å². The summed E-state index contributed by atoms with van der Waals surface area (Å²) in [5, 5.41) is 12.0. The standard InChI is InChI=1S/C8H8BN3O2S.CH5N/c10-6-15-5-7-1-3-8(4-2-7)9(11-13)12-14;1-2/h1-4,6,10H,5H2;2H2,1H3. The normalized spacial score (nSPS) is 8.59. The van der Waals surface area contributed by atoms with Gasteiger partial charge < -0.3 is 11.1 Å². The smallest absolute Gasteiger partial charge is 0.333 e. The van der Waals surface area contributed by atoms with Crippen LogP contribution in [0.25, 0.3) is 0 Å². The molecule has 0 saturated carbocycles. The molecule has 0 spiro atoms. The van der Waals surface area contributed by atoms with Gasteiger partial charge in [-0.3, -0.25) is 0 Å². The van der Waals surface area contributed by atoms with Crippen LogP contribution < -0.4 is 11.2 Å². The van der Waals surface area contributed by atoms with Crippen molar-refractivity contribution in [2.45, 2.75) is 5.75 Å². The van der Waals surface area contributed by atoms with E-state index in [1.54, 1.807) is 24.3 Å². The second kappa shape index (κ2) is 9.67. The molecule has 3 N–H and O–H groups in total. The van der Waals surface area contributed by atoms with Crippen molar-refractivity contribution in [2.24, 2.45) is 15.9 Å². The molecule has 1 aromatic rings. The number of nitroso groups, excluding NO2 is 2. The Morgan fingerprint density at radius 2 is 1.82 bits per heavy atom. The van der Waals surface area contributed by atoms with Crippen molar-refractivity contribution in [2.75, 3.05) is 7.05 Å². The number of nitrogens with one attached hydrogen (secondary N) is 1. The van der Waals surface area contributed by atoms with Crippen molar-refractivity contribution in [1.82, 2.24) is 0 Å². The van der Waals surface area contributed by atoms with Crippen molar-refractivity contribution in [3.8, 4) is 0 Å². The molecule has 0 aliphatic heterocycles. The number of thioether (sulfide) groups is 1. The van der Waals surface area contributed by atoms with E-state index in [9.17, 15) is 9.81 Å². The van der Waals surface area contributed by atoms with Crippen molar-refractivity contribution in [3.05, 3.63) is 39.6 Å². The van der Waals surface area contributed by atoms with Gasteiger partial charge in [0.15, 0.2) is 0 Å². The highest BCUT2D eigenvalue weighted by Gasteiger charge is 2.20. The van der Waals surface area contributed by atoms with Crippen LogP contribution in [0.4, 0.5) is 0 Å². The van der Waals surface area contributed by atoms with Crippen LogP contribution in [-0.2, 0) is 5.75 Å². The fourth-order valence-corrected chi connectivity index (χ4v) is 1.53. The summed E-state index contributed by atoms with van der Waals surface area (Å²) in [6.07, 6.45) is 0. The van der Waals surface area contributed by atoms with E-state index >= 15 is 0 Å². The lowest BCUT2D eigenvalue weighted by Gasteiger charge is -2.00. The molecule has 0 saturated heterocycles. The summed E-state index contributed by atoms with van der Waals surface area (Å²) in [6, 6.07) is 6.87. The minimum Gasteiger partial charge on any atom is -0.333 e. The molecule has 6 nitrogen and oxygen atoms in total. The summed E-state index contributed by atoms with van der Waals surface area (Å²) >= 11 is 1.36. The number of hydrogen-bond donors (Lipinski definition) is 2. The first-order valence-electron chi connectivity index (χ1n) is 4.74. The first kappa shape index (κ1) is 15.5. The molecule has 1 aromatic carbocycles. The Hall–Kier alpha value is -1.54. The Morgan fingerprint density at radius 3 is 2.24 bits per heavy atom. The molecule has 0 aromatic heterocycles. The zero-order valence-electron chi connectivity index (χ0n) is 9.37. The van der Waals surface area contributed by atoms with Gasteiger partial charge in [0.25, 0.3) is 0 Å². The second-order valence-electron chi connectivity index (χ2n) is 2.75. The Labute approximate surface area is 104 Å². The summed E-state index contributed by atoms with van der Waals surface area (Å²) < 4.78 is 0. The molecule has 0 fully saturated rings. The molecule has 0 bridgehead atoms. The number of nitrogens with zero attached hydrogens (tertiary/aromatic N) is 2. The molecular weight excluding hydrogens is 239 g/mol. The minimum atomic E-state index is -1.16. The van der Waals surface area contributed by atoms with Crippen molar-refractivity contribution in [3.63, 3.8) is 0 Å². The predicted molar refractivity (Wildman–Crippen MR) is 73.6 cm³/mol. The number of nitrogens with two attached hydrogens (primary N) is 1.